The van der Waals surface area contributed by atoms with Crippen LogP contribution < -0.4 is 5.32 Å². The van der Waals surface area contributed by atoms with Crippen molar-refractivity contribution in [2.45, 2.75) is 6.54 Å². The zero-order chi connectivity index (χ0) is 21.4. The number of imidazole rings is 1. The van der Waals surface area contributed by atoms with E-state index in [1.54, 1.807) is 24.3 Å². The lowest BCUT2D eigenvalue weighted by Crippen LogP contribution is -2.22. The molecule has 2 heterocycles. The van der Waals surface area contributed by atoms with E-state index in [2.05, 4.69) is 25.5 Å². The number of hydrogen-bond acceptors (Lipinski definition) is 5. The van der Waals surface area contributed by atoms with Gasteiger partial charge in [-0.2, -0.15) is 5.10 Å². The van der Waals surface area contributed by atoms with Crippen LogP contribution in [0.2, 0.25) is 0 Å². The number of carbonyl (C=O) groups is 1. The van der Waals surface area contributed by atoms with Crippen LogP contribution >= 0.6 is 0 Å². The highest BCUT2D eigenvalue weighted by Crippen LogP contribution is 2.26. The van der Waals surface area contributed by atoms with Gasteiger partial charge in [0, 0.05) is 29.6 Å². The molecule has 0 radical (unpaired) electrons. The van der Waals surface area contributed by atoms with Crippen LogP contribution in [0, 0.1) is 10.1 Å². The van der Waals surface area contributed by atoms with E-state index in [4.69, 9.17) is 0 Å². The van der Waals surface area contributed by atoms with Crippen LogP contribution in [0.4, 0.5) is 5.69 Å². The molecule has 0 atom stereocenters. The first kappa shape index (κ1) is 18.5. The van der Waals surface area contributed by atoms with Crippen molar-refractivity contribution in [1.29, 1.82) is 0 Å². The summed E-state index contributed by atoms with van der Waals surface area (Å²) >= 11 is 0. The number of rotatable bonds is 5. The molecule has 0 spiro atoms. The van der Waals surface area contributed by atoms with Crippen LogP contribution in [0.5, 0.6) is 0 Å². The van der Waals surface area contributed by atoms with Crippen molar-refractivity contribution in [3.63, 3.8) is 0 Å². The first-order chi connectivity index (χ1) is 15.1. The number of nitro benzene ring substituents is 1. The maximum absolute atomic E-state index is 12.6. The molecule has 0 fully saturated rings. The minimum atomic E-state index is -0.457. The monoisotopic (exact) mass is 412 g/mol. The molecule has 0 bridgehead atoms. The van der Waals surface area contributed by atoms with Gasteiger partial charge in [-0.3, -0.25) is 20.0 Å². The molecule has 1 amide bonds. The summed E-state index contributed by atoms with van der Waals surface area (Å²) in [4.78, 5) is 30.7. The highest BCUT2D eigenvalue weighted by Gasteiger charge is 2.14. The number of non-ortho nitro benzene ring substituents is 1. The molecule has 9 nitrogen and oxygen atoms in total. The average molecular weight is 412 g/mol. The quantitative estimate of drug-likeness (QED) is 0.297. The molecule has 0 aliphatic rings. The molecule has 5 rings (SSSR count). The molecule has 2 aromatic heterocycles. The summed E-state index contributed by atoms with van der Waals surface area (Å²) in [5, 5.41) is 21.9. The fourth-order valence-corrected chi connectivity index (χ4v) is 3.42. The van der Waals surface area contributed by atoms with E-state index in [9.17, 15) is 14.9 Å². The Morgan fingerprint density at radius 2 is 1.84 bits per heavy atom. The van der Waals surface area contributed by atoms with E-state index in [-0.39, 0.29) is 18.1 Å². The largest absolute Gasteiger partial charge is 0.348 e. The lowest BCUT2D eigenvalue weighted by molar-refractivity contribution is -0.384. The van der Waals surface area contributed by atoms with Gasteiger partial charge in [0.2, 0.25) is 0 Å². The molecular formula is C22H16N6O3. The molecule has 0 aliphatic carbocycles. The summed E-state index contributed by atoms with van der Waals surface area (Å²) in [6.07, 6.45) is 0. The van der Waals surface area contributed by atoms with Crippen LogP contribution in [0.15, 0.2) is 66.7 Å². The molecule has 0 unspecified atom stereocenters. The number of fused-ring (bicyclic) bond motifs is 2. The fraction of sp³-hybridized carbons (Fsp3) is 0.0455. The minimum absolute atomic E-state index is 0.0135. The highest BCUT2D eigenvalue weighted by atomic mass is 16.6. The average Bonchev–Trinajstić information content (AvgIpc) is 3.41. The number of benzene rings is 3. The van der Waals surface area contributed by atoms with Crippen molar-refractivity contribution in [3.8, 4) is 11.5 Å². The van der Waals surface area contributed by atoms with E-state index in [1.807, 2.05) is 30.3 Å². The summed E-state index contributed by atoms with van der Waals surface area (Å²) in [6, 6.07) is 19.1. The van der Waals surface area contributed by atoms with Crippen LogP contribution in [-0.4, -0.2) is 31.0 Å². The Bertz CT molecular complexity index is 1430. The Morgan fingerprint density at radius 3 is 2.65 bits per heavy atom. The second kappa shape index (κ2) is 7.38. The third kappa shape index (κ3) is 3.48. The lowest BCUT2D eigenvalue weighted by Gasteiger charge is -2.05. The zero-order valence-electron chi connectivity index (χ0n) is 16.1. The Kier molecular flexibility index (Phi) is 4.40. The summed E-state index contributed by atoms with van der Waals surface area (Å²) < 4.78 is 0. The maximum Gasteiger partial charge on any atom is 0.269 e. The number of para-hydroxylation sites is 1. The van der Waals surface area contributed by atoms with Crippen molar-refractivity contribution < 1.29 is 9.72 Å². The number of amides is 1. The second-order valence-corrected chi connectivity index (χ2v) is 7.04. The summed E-state index contributed by atoms with van der Waals surface area (Å²) in [6.45, 7) is 0.264. The minimum Gasteiger partial charge on any atom is -0.348 e. The second-order valence-electron chi connectivity index (χ2n) is 7.04. The van der Waals surface area contributed by atoms with E-state index in [0.29, 0.717) is 16.9 Å². The lowest BCUT2D eigenvalue weighted by atomic mass is 10.1. The first-order valence-electron chi connectivity index (χ1n) is 9.53. The third-order valence-electron chi connectivity index (χ3n) is 5.04. The Labute approximate surface area is 175 Å². The molecule has 0 aliphatic heterocycles. The van der Waals surface area contributed by atoms with Gasteiger partial charge < -0.3 is 10.3 Å². The molecule has 3 aromatic carbocycles. The third-order valence-corrected chi connectivity index (χ3v) is 5.04. The number of carbonyl (C=O) groups excluding carboxylic acids is 1. The SMILES string of the molecule is O=C(NCc1ccc([N+](=O)[O-])cc1)c1ccc2[nH]c(-c3n[nH]c4ccccc34)nc2c1. The Balaban J connectivity index is 1.36. The molecule has 0 saturated carbocycles. The molecule has 0 saturated heterocycles. The Hall–Kier alpha value is -4.53. The first-order valence-corrected chi connectivity index (χ1v) is 9.53. The number of nitro groups is 1. The molecule has 3 N–H and O–H groups in total. The van der Waals surface area contributed by atoms with Gasteiger partial charge in [0.1, 0.15) is 5.69 Å². The number of nitrogens with one attached hydrogen (secondary N) is 3. The highest BCUT2D eigenvalue weighted by molar-refractivity contribution is 5.98. The summed E-state index contributed by atoms with van der Waals surface area (Å²) in [5.74, 6) is 0.367. The van der Waals surface area contributed by atoms with Crippen LogP contribution in [-0.2, 0) is 6.54 Å². The van der Waals surface area contributed by atoms with Gasteiger partial charge in [-0.05, 0) is 29.8 Å². The van der Waals surface area contributed by atoms with Gasteiger partial charge in [0.05, 0.1) is 21.5 Å². The van der Waals surface area contributed by atoms with E-state index in [0.717, 1.165) is 27.7 Å². The van der Waals surface area contributed by atoms with Gasteiger partial charge in [0.25, 0.3) is 11.6 Å². The Morgan fingerprint density at radius 1 is 1.03 bits per heavy atom. The maximum atomic E-state index is 12.6. The van der Waals surface area contributed by atoms with Crippen LogP contribution in [0.25, 0.3) is 33.5 Å². The van der Waals surface area contributed by atoms with E-state index < -0.39 is 4.92 Å². The normalized spacial score (nSPS) is 11.1. The van der Waals surface area contributed by atoms with Gasteiger partial charge >= 0.3 is 0 Å². The van der Waals surface area contributed by atoms with E-state index >= 15 is 0 Å². The smallest absolute Gasteiger partial charge is 0.269 e. The van der Waals surface area contributed by atoms with Crippen LogP contribution in [0.3, 0.4) is 0 Å². The van der Waals surface area contributed by atoms with Gasteiger partial charge in [-0.15, -0.1) is 0 Å². The number of H-pyrrole nitrogens is 2. The molecule has 31 heavy (non-hydrogen) atoms. The number of aromatic nitrogens is 4. The zero-order valence-corrected chi connectivity index (χ0v) is 16.1. The van der Waals surface area contributed by atoms with Gasteiger partial charge in [-0.25, -0.2) is 4.98 Å². The molecule has 9 heteroatoms. The van der Waals surface area contributed by atoms with Gasteiger partial charge in [0.15, 0.2) is 5.82 Å². The van der Waals surface area contributed by atoms with Crippen molar-refractivity contribution >= 4 is 33.5 Å². The van der Waals surface area contributed by atoms with Crippen molar-refractivity contribution in [2.75, 3.05) is 0 Å². The standard InChI is InChI=1S/C22H16N6O3/c29-22(23-12-13-5-8-15(9-6-13)28(30)31)14-7-10-18-19(11-14)25-21(24-18)20-16-3-1-2-4-17(16)26-27-20/h1-11H,12H2,(H,23,29)(H,24,25)(H,26,27). The molecule has 5 aromatic rings. The number of nitrogens with zero attached hydrogens (tertiary/aromatic N) is 3. The van der Waals surface area contributed by atoms with Crippen molar-refractivity contribution in [1.82, 2.24) is 25.5 Å². The predicted molar refractivity (Wildman–Crippen MR) is 115 cm³/mol. The van der Waals surface area contributed by atoms with E-state index in [1.165, 1.54) is 12.1 Å². The van der Waals surface area contributed by atoms with Gasteiger partial charge in [-0.1, -0.05) is 30.3 Å². The van der Waals surface area contributed by atoms with Crippen molar-refractivity contribution in [2.24, 2.45) is 0 Å². The summed E-state index contributed by atoms with van der Waals surface area (Å²) in [7, 11) is 0. The topological polar surface area (TPSA) is 130 Å². The predicted octanol–water partition coefficient (Wildman–Crippen LogP) is 3.94. The molecular weight excluding hydrogens is 396 g/mol. The number of aromatic amines is 2. The fourth-order valence-electron chi connectivity index (χ4n) is 3.42. The summed E-state index contributed by atoms with van der Waals surface area (Å²) in [5.41, 5.74) is 4.35. The number of hydrogen-bond donors (Lipinski definition) is 3. The van der Waals surface area contributed by atoms with Crippen molar-refractivity contribution in [3.05, 3.63) is 88.0 Å². The van der Waals surface area contributed by atoms with Crippen LogP contribution in [0.1, 0.15) is 15.9 Å². The molecule has 152 valence electrons.